The molecule has 15 heavy (non-hydrogen) atoms. The van der Waals surface area contributed by atoms with E-state index in [2.05, 4.69) is 4.90 Å². The van der Waals surface area contributed by atoms with Gasteiger partial charge in [-0.15, -0.1) is 0 Å². The van der Waals surface area contributed by atoms with Gasteiger partial charge in [0.25, 0.3) is 0 Å². The first kappa shape index (κ1) is 13.1. The van der Waals surface area contributed by atoms with Crippen molar-refractivity contribution in [2.24, 2.45) is 5.41 Å². The van der Waals surface area contributed by atoms with E-state index in [0.29, 0.717) is 0 Å². The summed E-state index contributed by atoms with van der Waals surface area (Å²) in [6.07, 6.45) is 2.31. The van der Waals surface area contributed by atoms with Crippen LogP contribution in [0.3, 0.4) is 0 Å². The van der Waals surface area contributed by atoms with Crippen molar-refractivity contribution in [2.75, 3.05) is 13.1 Å². The number of aliphatic carboxylic acids is 1. The van der Waals surface area contributed by atoms with Crippen LogP contribution < -0.4 is 0 Å². The summed E-state index contributed by atoms with van der Waals surface area (Å²) < 4.78 is 0.808. The van der Waals surface area contributed by atoms with Gasteiger partial charge in [-0.05, 0) is 0 Å². The van der Waals surface area contributed by atoms with E-state index < -0.39 is 5.97 Å². The molecule has 1 fully saturated rings. The van der Waals surface area contributed by atoms with Gasteiger partial charge in [0.2, 0.25) is 0 Å². The van der Waals surface area contributed by atoms with Gasteiger partial charge >= 0.3 is 100 Å². The first-order chi connectivity index (χ1) is 6.82. The minimum atomic E-state index is -0.678. The molecule has 1 aliphatic rings. The molecule has 0 aromatic heterocycles. The van der Waals surface area contributed by atoms with Crippen molar-refractivity contribution in [1.29, 1.82) is 0 Å². The molecule has 0 aromatic rings. The average molecular weight is 275 g/mol. The van der Waals surface area contributed by atoms with Crippen LogP contribution in [-0.4, -0.2) is 52.0 Å². The minimum absolute atomic E-state index is 0.183. The van der Waals surface area contributed by atoms with Crippen LogP contribution in [0.4, 0.5) is 0 Å². The zero-order valence-electron chi connectivity index (χ0n) is 9.86. The van der Waals surface area contributed by atoms with Gasteiger partial charge in [-0.25, -0.2) is 0 Å². The van der Waals surface area contributed by atoms with E-state index >= 15 is 0 Å². The number of piperidine rings is 1. The maximum absolute atomic E-state index is 11.3. The molecule has 2 unspecified atom stereocenters. The fourth-order valence-electron chi connectivity index (χ4n) is 2.25. The summed E-state index contributed by atoms with van der Waals surface area (Å²) in [7, 11) is 0. The van der Waals surface area contributed by atoms with E-state index in [4.69, 9.17) is 0 Å². The van der Waals surface area contributed by atoms with Crippen LogP contribution in [0.15, 0.2) is 0 Å². The van der Waals surface area contributed by atoms with Gasteiger partial charge in [0.1, 0.15) is 0 Å². The van der Waals surface area contributed by atoms with Crippen molar-refractivity contribution in [1.82, 2.24) is 4.90 Å². The normalized spacial score (nSPS) is 22.7. The summed E-state index contributed by atoms with van der Waals surface area (Å²) in [6.45, 7) is 7.91. The Morgan fingerprint density at radius 2 is 1.87 bits per heavy atom. The molecule has 3 nitrogen and oxygen atoms in total. The molecule has 0 aromatic carbocycles. The van der Waals surface area contributed by atoms with E-state index in [9.17, 15) is 9.90 Å². The molecule has 0 bridgehead atoms. The number of carbonyl (C=O) groups is 1. The summed E-state index contributed by atoms with van der Waals surface area (Å²) >= 11 is 1.79. The SMILES string of the molecule is CC(C)(C)C(C(=O)O)N1CCC([AsH2])CC1. The Bertz CT molecular complexity index is 229. The molecular weight excluding hydrogens is 253 g/mol. The molecule has 1 aliphatic heterocycles. The van der Waals surface area contributed by atoms with Crippen LogP contribution >= 0.6 is 0 Å². The summed E-state index contributed by atoms with van der Waals surface area (Å²) in [4.78, 5) is 13.4. The third kappa shape index (κ3) is 3.49. The monoisotopic (exact) mass is 275 g/mol. The number of hydrogen-bond acceptors (Lipinski definition) is 2. The van der Waals surface area contributed by atoms with E-state index in [1.54, 1.807) is 16.9 Å². The number of likely N-dealkylation sites (tertiary alicyclic amines) is 1. The maximum atomic E-state index is 11.3. The molecule has 4 heteroatoms. The summed E-state index contributed by atoms with van der Waals surface area (Å²) in [5, 5.41) is 9.29. The van der Waals surface area contributed by atoms with Gasteiger partial charge in [-0.3, -0.25) is 0 Å². The van der Waals surface area contributed by atoms with Gasteiger partial charge < -0.3 is 0 Å². The molecular formula is C11H22AsNO2. The van der Waals surface area contributed by atoms with Gasteiger partial charge in [0, 0.05) is 0 Å². The molecule has 1 heterocycles. The number of rotatable bonds is 2. The van der Waals surface area contributed by atoms with Crippen molar-refractivity contribution in [3.8, 4) is 0 Å². The van der Waals surface area contributed by atoms with Crippen molar-refractivity contribution in [3.63, 3.8) is 0 Å². The number of hydrogen-bond donors (Lipinski definition) is 1. The molecule has 88 valence electrons. The second kappa shape index (κ2) is 4.88. The Balaban J connectivity index is 2.69. The topological polar surface area (TPSA) is 40.5 Å². The predicted molar refractivity (Wildman–Crippen MR) is 64.0 cm³/mol. The van der Waals surface area contributed by atoms with Gasteiger partial charge in [-0.1, -0.05) is 0 Å². The standard InChI is InChI=1S/C11H22AsNO2/c1-11(2,3)9(10(14)15)13-6-4-8(12)5-7-13/h8-9H,4-7,12H2,1-3H3,(H,14,15). The number of carboxylic acids is 1. The zero-order chi connectivity index (χ0) is 11.6. The zero-order valence-corrected chi connectivity index (χ0v) is 12.3. The van der Waals surface area contributed by atoms with Gasteiger partial charge in [-0.2, -0.15) is 0 Å². The van der Waals surface area contributed by atoms with Crippen LogP contribution in [0.1, 0.15) is 33.6 Å². The Labute approximate surface area is 101 Å². The van der Waals surface area contributed by atoms with Gasteiger partial charge in [0.15, 0.2) is 0 Å². The number of nitrogens with zero attached hydrogens (tertiary/aromatic N) is 1. The van der Waals surface area contributed by atoms with Gasteiger partial charge in [0.05, 0.1) is 0 Å². The fourth-order valence-corrected chi connectivity index (χ4v) is 2.88. The molecule has 1 rings (SSSR count). The summed E-state index contributed by atoms with van der Waals surface area (Å²) in [5.41, 5.74) is -0.183. The molecule has 0 radical (unpaired) electrons. The third-order valence-corrected chi connectivity index (χ3v) is 4.39. The van der Waals surface area contributed by atoms with Crippen LogP contribution in [0.2, 0.25) is 4.71 Å². The molecule has 0 amide bonds. The fraction of sp³-hybridized carbons (Fsp3) is 0.909. The molecule has 2 atom stereocenters. The first-order valence-electron chi connectivity index (χ1n) is 5.55. The number of carboxylic acid groups (broad SMARTS) is 1. The van der Waals surface area contributed by atoms with Crippen molar-refractivity contribution in [2.45, 2.75) is 44.4 Å². The Morgan fingerprint density at radius 1 is 1.40 bits per heavy atom. The van der Waals surface area contributed by atoms with Crippen LogP contribution in [0.25, 0.3) is 0 Å². The first-order valence-corrected chi connectivity index (χ1v) is 6.94. The van der Waals surface area contributed by atoms with Crippen LogP contribution in [-0.2, 0) is 4.79 Å². The Morgan fingerprint density at radius 3 is 2.20 bits per heavy atom. The molecule has 1 saturated heterocycles. The van der Waals surface area contributed by atoms with Crippen molar-refractivity contribution >= 4 is 22.8 Å². The van der Waals surface area contributed by atoms with Crippen molar-refractivity contribution < 1.29 is 9.90 Å². The molecule has 0 aliphatic carbocycles. The molecule has 0 spiro atoms. The van der Waals surface area contributed by atoms with E-state index in [1.807, 2.05) is 20.8 Å². The van der Waals surface area contributed by atoms with E-state index in [1.165, 1.54) is 0 Å². The molecule has 0 saturated carbocycles. The Kier molecular flexibility index (Phi) is 4.25. The summed E-state index contributed by atoms with van der Waals surface area (Å²) in [6, 6.07) is -0.336. The molecule has 1 N–H and O–H groups in total. The summed E-state index contributed by atoms with van der Waals surface area (Å²) in [5.74, 6) is -0.678. The van der Waals surface area contributed by atoms with Crippen molar-refractivity contribution in [3.05, 3.63) is 0 Å². The van der Waals surface area contributed by atoms with Crippen LogP contribution in [0.5, 0.6) is 0 Å². The second-order valence-corrected chi connectivity index (χ2v) is 7.46. The second-order valence-electron chi connectivity index (χ2n) is 5.48. The van der Waals surface area contributed by atoms with E-state index in [-0.39, 0.29) is 11.5 Å². The third-order valence-electron chi connectivity index (χ3n) is 2.99. The predicted octanol–water partition coefficient (Wildman–Crippen LogP) is 1.00. The van der Waals surface area contributed by atoms with E-state index in [0.717, 1.165) is 30.6 Å². The average Bonchev–Trinajstić information content (AvgIpc) is 2.05. The Hall–Kier alpha value is -0.0116. The quantitative estimate of drug-likeness (QED) is 0.764. The van der Waals surface area contributed by atoms with Crippen LogP contribution in [0, 0.1) is 5.41 Å².